The molecule has 0 aliphatic heterocycles. The summed E-state index contributed by atoms with van der Waals surface area (Å²) in [5.41, 5.74) is 0. The molecule has 0 bridgehead atoms. The molecular weight excluding hydrogens is 122 g/mol. The van der Waals surface area contributed by atoms with Gasteiger partial charge in [0.1, 0.15) is 14.1 Å². The van der Waals surface area contributed by atoms with Gasteiger partial charge in [-0.15, -0.1) is 6.58 Å². The molecule has 0 saturated carbocycles. The van der Waals surface area contributed by atoms with Crippen molar-refractivity contribution in [2.75, 3.05) is 0 Å². The summed E-state index contributed by atoms with van der Waals surface area (Å²) in [6.07, 6.45) is 1.87. The maximum atomic E-state index is 8.01. The van der Waals surface area contributed by atoms with Crippen LogP contribution in [0.15, 0.2) is 12.7 Å². The lowest BCUT2D eigenvalue weighted by Crippen LogP contribution is -1.72. The molecule has 7 heavy (non-hydrogen) atoms. The van der Waals surface area contributed by atoms with Crippen LogP contribution in [0.1, 0.15) is 0 Å². The highest BCUT2D eigenvalue weighted by Crippen LogP contribution is 1.94. The number of nitriles is 1. The van der Waals surface area contributed by atoms with E-state index < -0.39 is 0 Å². The molecule has 0 spiro atoms. The van der Waals surface area contributed by atoms with E-state index in [0.717, 1.165) is 6.04 Å². The number of allylic oxidation sites excluding steroid dienone is 1. The Labute approximate surface area is 49.9 Å². The summed E-state index contributed by atoms with van der Waals surface area (Å²) in [6.45, 7) is 3.54. The van der Waals surface area contributed by atoms with E-state index in [9.17, 15) is 0 Å². The molecule has 0 N–H and O–H groups in total. The van der Waals surface area contributed by atoms with Crippen molar-refractivity contribution in [3.05, 3.63) is 12.7 Å². The quantitative estimate of drug-likeness (QED) is 0.244. The van der Waals surface area contributed by atoms with Crippen LogP contribution in [0.3, 0.4) is 0 Å². The molecule has 38 valence electrons. The Morgan fingerprint density at radius 1 is 2.00 bits per heavy atom. The van der Waals surface area contributed by atoms with Crippen molar-refractivity contribution in [2.24, 2.45) is 0 Å². The average molecular weight is 129 g/mol. The Morgan fingerprint density at radius 2 is 2.71 bits per heavy atom. The van der Waals surface area contributed by atoms with Crippen LogP contribution in [-0.4, -0.2) is 8.67 Å². The van der Waals surface area contributed by atoms with Gasteiger partial charge in [-0.1, -0.05) is 17.3 Å². The third-order valence-corrected chi connectivity index (χ3v) is 3.17. The normalized spacial score (nSPS) is 9.00. The lowest BCUT2D eigenvalue weighted by molar-refractivity contribution is 1.57. The fourth-order valence-corrected chi connectivity index (χ4v) is 1.69. The zero-order valence-electron chi connectivity index (χ0n) is 4.05. The van der Waals surface area contributed by atoms with E-state index in [-0.39, 0.29) is 8.67 Å². The van der Waals surface area contributed by atoms with Crippen molar-refractivity contribution in [1.29, 1.82) is 5.26 Å². The predicted octanol–water partition coefficient (Wildman–Crippen LogP) is 0.889. The van der Waals surface area contributed by atoms with E-state index in [1.54, 1.807) is 0 Å². The molecule has 0 aromatic heterocycles. The van der Waals surface area contributed by atoms with Crippen molar-refractivity contribution in [1.82, 2.24) is 0 Å². The predicted molar refractivity (Wildman–Crippen MR) is 36.8 cm³/mol. The fourth-order valence-electron chi connectivity index (χ4n) is 0.188. The van der Waals surface area contributed by atoms with Crippen LogP contribution >= 0.6 is 11.2 Å². The van der Waals surface area contributed by atoms with Crippen LogP contribution in [0.25, 0.3) is 0 Å². The van der Waals surface area contributed by atoms with Crippen molar-refractivity contribution < 1.29 is 0 Å². The maximum absolute atomic E-state index is 8.01. The highest BCUT2D eigenvalue weighted by molar-refractivity contribution is 8.26. The van der Waals surface area contributed by atoms with Crippen LogP contribution < -0.4 is 0 Å². The summed E-state index contributed by atoms with van der Waals surface area (Å²) in [5, 5.41) is 10.0. The van der Waals surface area contributed by atoms with E-state index in [4.69, 9.17) is 5.26 Å². The summed E-state index contributed by atoms with van der Waals surface area (Å²) in [4.78, 5) is 0. The molecule has 0 amide bonds. The van der Waals surface area contributed by atoms with Crippen molar-refractivity contribution in [3.63, 3.8) is 0 Å². The number of thiocyanates is 1. The molecule has 0 heterocycles. The Bertz CT molecular complexity index is 86.2. The van der Waals surface area contributed by atoms with Gasteiger partial charge in [-0.3, -0.25) is 0 Å². The van der Waals surface area contributed by atoms with Gasteiger partial charge in [0.2, 0.25) is 0 Å². The third kappa shape index (κ3) is 5.80. The highest BCUT2D eigenvalue weighted by Gasteiger charge is 1.79. The molecule has 0 aliphatic carbocycles. The van der Waals surface area contributed by atoms with Gasteiger partial charge in [-0.25, -0.2) is 0 Å². The molecule has 0 fully saturated rings. The van der Waals surface area contributed by atoms with Gasteiger partial charge in [0.15, 0.2) is 0 Å². The molecule has 0 aromatic rings. The molecule has 1 nitrogen and oxygen atoms in total. The minimum atomic E-state index is -0.151. The van der Waals surface area contributed by atoms with Crippen LogP contribution in [0.5, 0.6) is 0 Å². The Kier molecular flexibility index (Phi) is 5.63. The molecular formula is C4H7NSSi. The standard InChI is InChI=1S/C4H7NSSi/c1-2-3-7-6-4-5/h2H,1,3,7H2. The van der Waals surface area contributed by atoms with Gasteiger partial charge in [0.25, 0.3) is 0 Å². The molecule has 0 aromatic carbocycles. The van der Waals surface area contributed by atoms with Gasteiger partial charge >= 0.3 is 0 Å². The second-order valence-electron chi connectivity index (χ2n) is 1.02. The SMILES string of the molecule is C=CC[SiH2]SC#N. The fraction of sp³-hybridized carbons (Fsp3) is 0.250. The first-order valence-electron chi connectivity index (χ1n) is 2.03. The van der Waals surface area contributed by atoms with Gasteiger partial charge in [0, 0.05) is 0 Å². The average Bonchev–Trinajstić information content (AvgIpc) is 1.69. The largest absolute Gasteiger partial charge is 0.186 e. The van der Waals surface area contributed by atoms with Crippen LogP contribution in [0.2, 0.25) is 6.04 Å². The summed E-state index contributed by atoms with van der Waals surface area (Å²) in [7, 11) is -0.151. The van der Waals surface area contributed by atoms with E-state index in [2.05, 4.69) is 6.58 Å². The number of rotatable bonds is 3. The minimum absolute atomic E-state index is 0.151. The molecule has 0 unspecified atom stereocenters. The van der Waals surface area contributed by atoms with Crippen molar-refractivity contribution >= 4 is 19.9 Å². The smallest absolute Gasteiger partial charge is 0.126 e. The summed E-state index contributed by atoms with van der Waals surface area (Å²) < 4.78 is 0. The van der Waals surface area contributed by atoms with Crippen LogP contribution in [0, 0.1) is 10.7 Å². The zero-order chi connectivity index (χ0) is 5.54. The van der Waals surface area contributed by atoms with E-state index in [1.165, 1.54) is 11.2 Å². The van der Waals surface area contributed by atoms with E-state index >= 15 is 0 Å². The van der Waals surface area contributed by atoms with Gasteiger partial charge in [-0.05, 0) is 6.04 Å². The van der Waals surface area contributed by atoms with Crippen molar-refractivity contribution in [2.45, 2.75) is 6.04 Å². The number of hydrogen-bond donors (Lipinski definition) is 0. The monoisotopic (exact) mass is 129 g/mol. The summed E-state index contributed by atoms with van der Waals surface area (Å²) in [5.74, 6) is 0. The molecule has 0 atom stereocenters. The molecule has 0 saturated heterocycles. The Hall–Kier alpha value is -0.203. The number of nitrogens with zero attached hydrogens (tertiary/aromatic N) is 1. The van der Waals surface area contributed by atoms with Crippen molar-refractivity contribution in [3.8, 4) is 5.40 Å². The molecule has 0 aliphatic rings. The van der Waals surface area contributed by atoms with Crippen LogP contribution in [-0.2, 0) is 0 Å². The topological polar surface area (TPSA) is 23.8 Å². The lowest BCUT2D eigenvalue weighted by atomic mass is 10.8. The summed E-state index contributed by atoms with van der Waals surface area (Å²) >= 11 is 1.41. The molecule has 0 radical (unpaired) electrons. The van der Waals surface area contributed by atoms with Crippen LogP contribution in [0.4, 0.5) is 0 Å². The first-order chi connectivity index (χ1) is 3.41. The first-order valence-corrected chi connectivity index (χ1v) is 5.75. The summed E-state index contributed by atoms with van der Waals surface area (Å²) in [6, 6.07) is 1.07. The number of hydrogen-bond acceptors (Lipinski definition) is 2. The molecule has 0 rings (SSSR count). The lowest BCUT2D eigenvalue weighted by Gasteiger charge is -1.78. The second-order valence-corrected chi connectivity index (χ2v) is 4.56. The maximum Gasteiger partial charge on any atom is 0.126 e. The van der Waals surface area contributed by atoms with Gasteiger partial charge in [-0.2, -0.15) is 5.26 Å². The zero-order valence-corrected chi connectivity index (χ0v) is 6.28. The third-order valence-electron chi connectivity index (χ3n) is 0.489. The highest BCUT2D eigenvalue weighted by atomic mass is 32.4. The van der Waals surface area contributed by atoms with E-state index in [0.29, 0.717) is 0 Å². The Balaban J connectivity index is 2.72. The van der Waals surface area contributed by atoms with Gasteiger partial charge < -0.3 is 0 Å². The Morgan fingerprint density at radius 3 is 3.14 bits per heavy atom. The van der Waals surface area contributed by atoms with Gasteiger partial charge in [0.05, 0.1) is 0 Å². The minimum Gasteiger partial charge on any atom is -0.186 e. The second kappa shape index (κ2) is 5.80. The first kappa shape index (κ1) is 6.80. The molecule has 3 heteroatoms. The van der Waals surface area contributed by atoms with E-state index in [1.807, 2.05) is 11.5 Å².